The van der Waals surface area contributed by atoms with Crippen molar-refractivity contribution in [1.82, 2.24) is 10.2 Å². The van der Waals surface area contributed by atoms with E-state index < -0.39 is 5.97 Å². The van der Waals surface area contributed by atoms with Gasteiger partial charge >= 0.3 is 11.9 Å². The van der Waals surface area contributed by atoms with E-state index in [1.54, 1.807) is 0 Å². The van der Waals surface area contributed by atoms with Crippen molar-refractivity contribution in [3.63, 3.8) is 0 Å². The average molecular weight is 170 g/mol. The van der Waals surface area contributed by atoms with Crippen LogP contribution in [0.3, 0.4) is 0 Å². The third kappa shape index (κ3) is 1.61. The Morgan fingerprint density at radius 2 is 2.33 bits per heavy atom. The third-order valence-corrected chi connectivity index (χ3v) is 1.66. The Labute approximate surface area is 69.4 Å². The van der Waals surface area contributed by atoms with E-state index in [0.717, 1.165) is 6.42 Å². The van der Waals surface area contributed by atoms with Crippen molar-refractivity contribution < 1.29 is 14.3 Å². The van der Waals surface area contributed by atoms with Crippen LogP contribution >= 0.6 is 0 Å². The maximum absolute atomic E-state index is 10.3. The molecule has 0 saturated heterocycles. The molecule has 66 valence electrons. The molecule has 0 aliphatic heterocycles. The van der Waals surface area contributed by atoms with Crippen LogP contribution in [0.25, 0.3) is 0 Å². The van der Waals surface area contributed by atoms with E-state index in [9.17, 15) is 4.79 Å². The number of aromatic nitrogens is 2. The van der Waals surface area contributed by atoms with Gasteiger partial charge in [-0.1, -0.05) is 13.8 Å². The molecule has 0 amide bonds. The Morgan fingerprint density at radius 1 is 1.67 bits per heavy atom. The van der Waals surface area contributed by atoms with Gasteiger partial charge in [-0.05, 0) is 6.42 Å². The third-order valence-electron chi connectivity index (χ3n) is 1.66. The van der Waals surface area contributed by atoms with Gasteiger partial charge in [-0.3, -0.25) is 0 Å². The predicted molar refractivity (Wildman–Crippen MR) is 40.0 cm³/mol. The van der Waals surface area contributed by atoms with Crippen LogP contribution < -0.4 is 0 Å². The van der Waals surface area contributed by atoms with Crippen LogP contribution in [-0.2, 0) is 0 Å². The van der Waals surface area contributed by atoms with E-state index in [1.165, 1.54) is 0 Å². The first kappa shape index (κ1) is 8.70. The number of hydrogen-bond acceptors (Lipinski definition) is 4. The molecule has 0 saturated carbocycles. The molecule has 1 aromatic rings. The number of hydrogen-bond donors (Lipinski definition) is 1. The van der Waals surface area contributed by atoms with Gasteiger partial charge in [0.2, 0.25) is 5.89 Å². The van der Waals surface area contributed by atoms with Crippen LogP contribution in [0.4, 0.5) is 0 Å². The maximum atomic E-state index is 10.3. The molecular weight excluding hydrogens is 160 g/mol. The normalized spacial score (nSPS) is 12.8. The fraction of sp³-hybridized carbons (Fsp3) is 0.571. The molecule has 1 N–H and O–H groups in total. The highest BCUT2D eigenvalue weighted by molar-refractivity contribution is 5.81. The first-order chi connectivity index (χ1) is 5.65. The Hall–Kier alpha value is -1.39. The van der Waals surface area contributed by atoms with Gasteiger partial charge in [0, 0.05) is 5.92 Å². The second kappa shape index (κ2) is 3.34. The Kier molecular flexibility index (Phi) is 2.42. The summed E-state index contributed by atoms with van der Waals surface area (Å²) in [4.78, 5) is 10.3. The molecule has 0 aliphatic carbocycles. The summed E-state index contributed by atoms with van der Waals surface area (Å²) in [5.74, 6) is -1.03. The van der Waals surface area contributed by atoms with Gasteiger partial charge in [-0.2, -0.15) is 0 Å². The Bertz CT molecular complexity index is 282. The van der Waals surface area contributed by atoms with Crippen LogP contribution in [0.1, 0.15) is 42.8 Å². The molecule has 0 aliphatic rings. The summed E-state index contributed by atoms with van der Waals surface area (Å²) in [6, 6.07) is 0. The summed E-state index contributed by atoms with van der Waals surface area (Å²) in [5, 5.41) is 15.4. The van der Waals surface area contributed by atoms with Crippen molar-refractivity contribution in [2.75, 3.05) is 0 Å². The number of carboxylic acid groups (broad SMARTS) is 1. The van der Waals surface area contributed by atoms with Gasteiger partial charge < -0.3 is 9.52 Å². The molecule has 1 aromatic heterocycles. The molecule has 1 atom stereocenters. The summed E-state index contributed by atoms with van der Waals surface area (Å²) >= 11 is 0. The van der Waals surface area contributed by atoms with Gasteiger partial charge in [0.05, 0.1) is 0 Å². The van der Waals surface area contributed by atoms with Gasteiger partial charge in [0.15, 0.2) is 0 Å². The largest absolute Gasteiger partial charge is 0.474 e. The topological polar surface area (TPSA) is 76.2 Å². The summed E-state index contributed by atoms with van der Waals surface area (Å²) in [5.41, 5.74) is 0. The average Bonchev–Trinajstić information content (AvgIpc) is 2.51. The van der Waals surface area contributed by atoms with Crippen LogP contribution in [-0.4, -0.2) is 21.3 Å². The molecule has 0 fully saturated rings. The molecule has 1 rings (SSSR count). The van der Waals surface area contributed by atoms with Crippen molar-refractivity contribution in [2.24, 2.45) is 0 Å². The number of aromatic carboxylic acids is 1. The van der Waals surface area contributed by atoms with Crippen molar-refractivity contribution in [2.45, 2.75) is 26.2 Å². The Balaban J connectivity index is 2.84. The molecule has 1 heterocycles. The van der Waals surface area contributed by atoms with Crippen molar-refractivity contribution in [1.29, 1.82) is 0 Å². The second-order valence-corrected chi connectivity index (χ2v) is 2.56. The van der Waals surface area contributed by atoms with Crippen LogP contribution in [0.5, 0.6) is 0 Å². The number of carboxylic acids is 1. The van der Waals surface area contributed by atoms with Crippen molar-refractivity contribution in [3.05, 3.63) is 11.8 Å². The van der Waals surface area contributed by atoms with E-state index in [-0.39, 0.29) is 11.8 Å². The molecule has 0 aromatic carbocycles. The van der Waals surface area contributed by atoms with E-state index in [4.69, 9.17) is 9.52 Å². The highest BCUT2D eigenvalue weighted by Gasteiger charge is 2.15. The van der Waals surface area contributed by atoms with Crippen molar-refractivity contribution in [3.8, 4) is 0 Å². The number of carbonyl (C=O) groups is 1. The van der Waals surface area contributed by atoms with Crippen LogP contribution in [0.15, 0.2) is 4.42 Å². The Morgan fingerprint density at radius 3 is 2.75 bits per heavy atom. The lowest BCUT2D eigenvalue weighted by Crippen LogP contribution is -1.95. The predicted octanol–water partition coefficient (Wildman–Crippen LogP) is 1.28. The first-order valence-electron chi connectivity index (χ1n) is 3.71. The van der Waals surface area contributed by atoms with Crippen LogP contribution in [0, 0.1) is 0 Å². The lowest BCUT2D eigenvalue weighted by molar-refractivity contribution is 0.0651. The number of nitrogens with zero attached hydrogens (tertiary/aromatic N) is 2. The molecule has 12 heavy (non-hydrogen) atoms. The van der Waals surface area contributed by atoms with E-state index in [0.29, 0.717) is 5.89 Å². The fourth-order valence-corrected chi connectivity index (χ4v) is 0.695. The molecule has 0 radical (unpaired) electrons. The summed E-state index contributed by atoms with van der Waals surface area (Å²) in [6.45, 7) is 3.87. The highest BCUT2D eigenvalue weighted by atomic mass is 16.4. The molecule has 5 heteroatoms. The summed E-state index contributed by atoms with van der Waals surface area (Å²) in [6.07, 6.45) is 0.848. The standard InChI is InChI=1S/C7H10N2O3/c1-3-4(2)5-8-9-6(12-5)7(10)11/h4H,3H2,1-2H3,(H,10,11). The minimum atomic E-state index is -1.18. The highest BCUT2D eigenvalue weighted by Crippen LogP contribution is 2.16. The van der Waals surface area contributed by atoms with Gasteiger partial charge in [0.1, 0.15) is 0 Å². The SMILES string of the molecule is CCC(C)c1nnc(C(=O)O)o1. The molecule has 1 unspecified atom stereocenters. The minimum Gasteiger partial charge on any atom is -0.474 e. The second-order valence-electron chi connectivity index (χ2n) is 2.56. The van der Waals surface area contributed by atoms with Gasteiger partial charge in [-0.15, -0.1) is 10.2 Å². The zero-order chi connectivity index (χ0) is 9.14. The molecule has 5 nitrogen and oxygen atoms in total. The van der Waals surface area contributed by atoms with Crippen LogP contribution in [0.2, 0.25) is 0 Å². The van der Waals surface area contributed by atoms with Gasteiger partial charge in [-0.25, -0.2) is 4.79 Å². The van der Waals surface area contributed by atoms with Crippen molar-refractivity contribution >= 4 is 5.97 Å². The van der Waals surface area contributed by atoms with E-state index in [2.05, 4.69) is 10.2 Å². The first-order valence-corrected chi connectivity index (χ1v) is 3.71. The smallest absolute Gasteiger partial charge is 0.393 e. The monoisotopic (exact) mass is 170 g/mol. The lowest BCUT2D eigenvalue weighted by Gasteiger charge is -1.98. The molecule has 0 bridgehead atoms. The molecule has 0 spiro atoms. The van der Waals surface area contributed by atoms with E-state index in [1.807, 2.05) is 13.8 Å². The van der Waals surface area contributed by atoms with Gasteiger partial charge in [0.25, 0.3) is 0 Å². The lowest BCUT2D eigenvalue weighted by atomic mass is 10.1. The molecular formula is C7H10N2O3. The zero-order valence-corrected chi connectivity index (χ0v) is 6.94. The quantitative estimate of drug-likeness (QED) is 0.739. The summed E-state index contributed by atoms with van der Waals surface area (Å²) < 4.78 is 4.88. The maximum Gasteiger partial charge on any atom is 0.393 e. The summed E-state index contributed by atoms with van der Waals surface area (Å²) in [7, 11) is 0. The van der Waals surface area contributed by atoms with E-state index >= 15 is 0 Å². The minimum absolute atomic E-state index is 0.116. The zero-order valence-electron chi connectivity index (χ0n) is 6.94. The number of rotatable bonds is 3. The fourth-order valence-electron chi connectivity index (χ4n) is 0.695.